The van der Waals surface area contributed by atoms with E-state index in [0.29, 0.717) is 15.2 Å². The zero-order valence-electron chi connectivity index (χ0n) is 6.39. The predicted octanol–water partition coefficient (Wildman–Crippen LogP) is 3.25. The van der Waals surface area contributed by atoms with Crippen LogP contribution in [-0.2, 0) is 4.79 Å². The lowest BCUT2D eigenvalue weighted by Gasteiger charge is -2.05. The minimum atomic E-state index is -0.540. The number of hydrogen-bond acceptors (Lipinski definition) is 2. The first-order valence-corrected chi connectivity index (χ1v) is 4.90. The molecule has 0 saturated carbocycles. The van der Waals surface area contributed by atoms with Crippen LogP contribution in [0.25, 0.3) is 0 Å². The Labute approximate surface area is 93.9 Å². The number of ether oxygens (including phenoxy) is 1. The lowest BCUT2D eigenvalue weighted by molar-refractivity contribution is -0.113. The van der Waals surface area contributed by atoms with E-state index in [1.165, 1.54) is 0 Å². The van der Waals surface area contributed by atoms with Crippen molar-refractivity contribution in [3.05, 3.63) is 27.7 Å². The molecule has 0 aliphatic rings. The highest BCUT2D eigenvalue weighted by Gasteiger charge is 2.03. The Morgan fingerprint density at radius 1 is 1.54 bits per heavy atom. The summed E-state index contributed by atoms with van der Waals surface area (Å²) in [7, 11) is 0. The molecule has 0 aliphatic heterocycles. The smallest absolute Gasteiger partial charge is 0.259 e. The number of carbonyl (C=O) groups is 1. The van der Waals surface area contributed by atoms with Gasteiger partial charge in [-0.25, -0.2) is 0 Å². The van der Waals surface area contributed by atoms with Gasteiger partial charge in [-0.05, 0) is 45.7 Å². The second-order valence-corrected chi connectivity index (χ2v) is 3.93. The summed E-state index contributed by atoms with van der Waals surface area (Å²) in [5.74, 6) is 0.540. The van der Waals surface area contributed by atoms with Crippen LogP contribution in [0.3, 0.4) is 0 Å². The molecule has 0 heterocycles. The molecule has 1 aromatic rings. The Morgan fingerprint density at radius 2 is 2.23 bits per heavy atom. The maximum Gasteiger partial charge on any atom is 0.259 e. The first-order chi connectivity index (χ1) is 6.09. The second kappa shape index (κ2) is 4.84. The largest absolute Gasteiger partial charge is 0.483 e. The quantitative estimate of drug-likeness (QED) is 0.796. The van der Waals surface area contributed by atoms with Crippen molar-refractivity contribution in [3.8, 4) is 5.75 Å². The van der Waals surface area contributed by atoms with Crippen molar-refractivity contribution in [2.24, 2.45) is 0 Å². The summed E-state index contributed by atoms with van der Waals surface area (Å²) >= 11 is 14.0. The molecule has 0 aromatic heterocycles. The van der Waals surface area contributed by atoms with E-state index in [-0.39, 0.29) is 6.61 Å². The van der Waals surface area contributed by atoms with E-state index < -0.39 is 5.24 Å². The van der Waals surface area contributed by atoms with E-state index in [9.17, 15) is 4.79 Å². The van der Waals surface area contributed by atoms with Gasteiger partial charge < -0.3 is 4.74 Å². The van der Waals surface area contributed by atoms with Gasteiger partial charge in [0, 0.05) is 5.02 Å². The summed E-state index contributed by atoms with van der Waals surface area (Å²) < 4.78 is 5.76. The van der Waals surface area contributed by atoms with E-state index in [1.807, 2.05) is 0 Å². The summed E-state index contributed by atoms with van der Waals surface area (Å²) in [5, 5.41) is 0.0540. The van der Waals surface area contributed by atoms with Crippen molar-refractivity contribution in [1.29, 1.82) is 0 Å². The first-order valence-electron chi connectivity index (χ1n) is 3.36. The van der Waals surface area contributed by atoms with Gasteiger partial charge in [0.1, 0.15) is 5.75 Å². The molecule has 13 heavy (non-hydrogen) atoms. The van der Waals surface area contributed by atoms with Crippen LogP contribution in [0.1, 0.15) is 0 Å². The second-order valence-electron chi connectivity index (χ2n) is 2.22. The lowest BCUT2D eigenvalue weighted by Crippen LogP contribution is -2.04. The van der Waals surface area contributed by atoms with Crippen molar-refractivity contribution in [2.75, 3.05) is 6.61 Å². The topological polar surface area (TPSA) is 26.3 Å². The summed E-state index contributed by atoms with van der Waals surface area (Å²) in [6.45, 7) is -0.151. The Bertz CT molecular complexity index is 328. The highest BCUT2D eigenvalue weighted by atomic mass is 79.9. The molecule has 1 rings (SSSR count). The molecule has 5 heteroatoms. The fraction of sp³-hybridized carbons (Fsp3) is 0.125. The SMILES string of the molecule is O=C(Cl)COc1ccc(Cl)cc1Br. The van der Waals surface area contributed by atoms with E-state index in [2.05, 4.69) is 15.9 Å². The molecule has 0 spiro atoms. The summed E-state index contributed by atoms with van der Waals surface area (Å²) in [4.78, 5) is 10.4. The van der Waals surface area contributed by atoms with Crippen molar-refractivity contribution in [3.63, 3.8) is 0 Å². The third-order valence-corrected chi connectivity index (χ3v) is 2.20. The molecule has 0 atom stereocenters. The predicted molar refractivity (Wildman–Crippen MR) is 55.5 cm³/mol. The molecule has 1 aromatic carbocycles. The number of benzene rings is 1. The van der Waals surface area contributed by atoms with Crippen molar-refractivity contribution in [1.82, 2.24) is 0 Å². The molecule has 0 bridgehead atoms. The third-order valence-electron chi connectivity index (χ3n) is 1.24. The molecule has 0 radical (unpaired) electrons. The maximum absolute atomic E-state index is 10.4. The van der Waals surface area contributed by atoms with Crippen LogP contribution in [0.4, 0.5) is 0 Å². The molecular weight excluding hydrogens is 279 g/mol. The Balaban J connectivity index is 2.72. The van der Waals surface area contributed by atoms with Gasteiger partial charge in [0.25, 0.3) is 5.24 Å². The van der Waals surface area contributed by atoms with Gasteiger partial charge in [0.2, 0.25) is 0 Å². The van der Waals surface area contributed by atoms with Crippen LogP contribution in [0.2, 0.25) is 5.02 Å². The monoisotopic (exact) mass is 282 g/mol. The van der Waals surface area contributed by atoms with Gasteiger partial charge in [0.05, 0.1) is 4.47 Å². The number of rotatable bonds is 3. The fourth-order valence-electron chi connectivity index (χ4n) is 0.727. The van der Waals surface area contributed by atoms with Crippen LogP contribution in [0, 0.1) is 0 Å². The van der Waals surface area contributed by atoms with Gasteiger partial charge in [0.15, 0.2) is 6.61 Å². The Morgan fingerprint density at radius 3 is 2.77 bits per heavy atom. The number of carbonyl (C=O) groups excluding carboxylic acids is 1. The van der Waals surface area contributed by atoms with Crippen molar-refractivity contribution in [2.45, 2.75) is 0 Å². The van der Waals surface area contributed by atoms with E-state index in [1.54, 1.807) is 18.2 Å². The first kappa shape index (κ1) is 10.8. The molecule has 0 fully saturated rings. The van der Waals surface area contributed by atoms with Gasteiger partial charge in [-0.3, -0.25) is 4.79 Å². The lowest BCUT2D eigenvalue weighted by atomic mass is 10.3. The zero-order valence-corrected chi connectivity index (χ0v) is 9.49. The molecular formula is C8H5BrCl2O2. The fourth-order valence-corrected chi connectivity index (χ4v) is 1.58. The minimum Gasteiger partial charge on any atom is -0.483 e. The average Bonchev–Trinajstić information content (AvgIpc) is 2.02. The van der Waals surface area contributed by atoms with Crippen LogP contribution in [0.15, 0.2) is 22.7 Å². The minimum absolute atomic E-state index is 0.151. The molecule has 2 nitrogen and oxygen atoms in total. The summed E-state index contributed by atoms with van der Waals surface area (Å²) in [5.41, 5.74) is 0. The van der Waals surface area contributed by atoms with E-state index in [4.69, 9.17) is 27.9 Å². The van der Waals surface area contributed by atoms with Gasteiger partial charge in [-0.15, -0.1) is 0 Å². The van der Waals surface area contributed by atoms with Crippen LogP contribution < -0.4 is 4.74 Å². The van der Waals surface area contributed by atoms with Crippen LogP contribution >= 0.6 is 39.1 Å². The van der Waals surface area contributed by atoms with E-state index >= 15 is 0 Å². The van der Waals surface area contributed by atoms with Crippen LogP contribution in [-0.4, -0.2) is 11.8 Å². The number of hydrogen-bond donors (Lipinski definition) is 0. The maximum atomic E-state index is 10.4. The molecule has 0 unspecified atom stereocenters. The molecule has 0 amide bonds. The molecule has 70 valence electrons. The third kappa shape index (κ3) is 3.55. The Hall–Kier alpha value is -0.250. The Kier molecular flexibility index (Phi) is 4.03. The summed E-state index contributed by atoms with van der Waals surface area (Å²) in [6.07, 6.45) is 0. The molecule has 0 aliphatic carbocycles. The molecule has 0 N–H and O–H groups in total. The standard InChI is InChI=1S/C8H5BrCl2O2/c9-6-3-5(10)1-2-7(6)13-4-8(11)12/h1-3H,4H2. The number of halogens is 3. The van der Waals surface area contributed by atoms with Crippen molar-refractivity contribution >= 4 is 44.4 Å². The normalized spacial score (nSPS) is 9.77. The van der Waals surface area contributed by atoms with Crippen molar-refractivity contribution < 1.29 is 9.53 Å². The zero-order chi connectivity index (χ0) is 9.84. The van der Waals surface area contributed by atoms with Gasteiger partial charge in [-0.2, -0.15) is 0 Å². The molecule has 0 saturated heterocycles. The van der Waals surface area contributed by atoms with E-state index in [0.717, 1.165) is 0 Å². The highest BCUT2D eigenvalue weighted by Crippen LogP contribution is 2.27. The summed E-state index contributed by atoms with van der Waals surface area (Å²) in [6, 6.07) is 5.00. The van der Waals surface area contributed by atoms with Crippen LogP contribution in [0.5, 0.6) is 5.75 Å². The van der Waals surface area contributed by atoms with Gasteiger partial charge >= 0.3 is 0 Å². The highest BCUT2D eigenvalue weighted by molar-refractivity contribution is 9.10. The van der Waals surface area contributed by atoms with Gasteiger partial charge in [-0.1, -0.05) is 11.6 Å². The average molecular weight is 284 g/mol.